The number of hydrogen-bond donors (Lipinski definition) is 1. The van der Waals surface area contributed by atoms with E-state index >= 15 is 0 Å². The van der Waals surface area contributed by atoms with E-state index in [4.69, 9.17) is 0 Å². The average molecular weight is 169 g/mol. The fraction of sp³-hybridized carbons (Fsp3) is 0.900. The van der Waals surface area contributed by atoms with Crippen LogP contribution in [0.1, 0.15) is 39.5 Å². The summed E-state index contributed by atoms with van der Waals surface area (Å²) in [6, 6.07) is 0. The number of hydrogen-bond acceptors (Lipinski definition) is 2. The number of nitrogens with one attached hydrogen (secondary N) is 1. The summed E-state index contributed by atoms with van der Waals surface area (Å²) in [5, 5.41) is 3.04. The van der Waals surface area contributed by atoms with Crippen LogP contribution >= 0.6 is 0 Å². The number of likely N-dealkylation sites (N-methyl/N-ethyl adjacent to an activating group) is 1. The van der Waals surface area contributed by atoms with E-state index in [2.05, 4.69) is 5.32 Å². The lowest BCUT2D eigenvalue weighted by atomic mass is 9.95. The highest BCUT2D eigenvalue weighted by molar-refractivity contribution is 5.87. The van der Waals surface area contributed by atoms with Crippen molar-refractivity contribution in [2.45, 2.75) is 45.1 Å². The van der Waals surface area contributed by atoms with Gasteiger partial charge in [0.1, 0.15) is 0 Å². The van der Waals surface area contributed by atoms with Gasteiger partial charge in [-0.25, -0.2) is 0 Å². The second-order valence-electron chi connectivity index (χ2n) is 4.28. The van der Waals surface area contributed by atoms with Gasteiger partial charge in [0.25, 0.3) is 0 Å². The van der Waals surface area contributed by atoms with Crippen LogP contribution in [0.4, 0.5) is 0 Å². The standard InChI is InChI=1S/C10H19NO/c1-10(2,11-3)9(12)7-6-8-4-5-8/h8,11H,4-7H2,1-3H3. The minimum atomic E-state index is -0.325. The topological polar surface area (TPSA) is 29.1 Å². The van der Waals surface area contributed by atoms with E-state index in [1.54, 1.807) is 0 Å². The molecule has 2 heteroatoms. The van der Waals surface area contributed by atoms with Gasteiger partial charge in [0.15, 0.2) is 5.78 Å². The van der Waals surface area contributed by atoms with Crippen LogP contribution in [-0.2, 0) is 4.79 Å². The Morgan fingerprint density at radius 1 is 1.50 bits per heavy atom. The molecule has 2 nitrogen and oxygen atoms in total. The molecule has 0 saturated heterocycles. The Balaban J connectivity index is 2.25. The second kappa shape index (κ2) is 3.56. The minimum Gasteiger partial charge on any atom is -0.308 e. The molecule has 0 aromatic heterocycles. The molecule has 0 atom stereocenters. The minimum absolute atomic E-state index is 0.325. The highest BCUT2D eigenvalue weighted by Gasteiger charge is 2.28. The van der Waals surface area contributed by atoms with Gasteiger partial charge in [-0.2, -0.15) is 0 Å². The Kier molecular flexibility index (Phi) is 2.89. The summed E-state index contributed by atoms with van der Waals surface area (Å²) in [5.41, 5.74) is -0.325. The third kappa shape index (κ3) is 2.59. The summed E-state index contributed by atoms with van der Waals surface area (Å²) in [6.07, 6.45) is 4.53. The molecule has 0 aromatic carbocycles. The first-order valence-electron chi connectivity index (χ1n) is 4.78. The van der Waals surface area contributed by atoms with Crippen LogP contribution in [0, 0.1) is 5.92 Å². The number of Topliss-reactive ketones (excluding diaryl/α,β-unsaturated/α-hetero) is 1. The number of carbonyl (C=O) groups excluding carboxylic acids is 1. The lowest BCUT2D eigenvalue weighted by Crippen LogP contribution is -2.44. The van der Waals surface area contributed by atoms with Crippen molar-refractivity contribution in [3.05, 3.63) is 0 Å². The summed E-state index contributed by atoms with van der Waals surface area (Å²) in [5.74, 6) is 1.21. The van der Waals surface area contributed by atoms with Crippen molar-refractivity contribution < 1.29 is 4.79 Å². The SMILES string of the molecule is CNC(C)(C)C(=O)CCC1CC1. The maximum absolute atomic E-state index is 11.6. The lowest BCUT2D eigenvalue weighted by Gasteiger charge is -2.21. The quantitative estimate of drug-likeness (QED) is 0.679. The van der Waals surface area contributed by atoms with Crippen LogP contribution in [0.5, 0.6) is 0 Å². The first-order chi connectivity index (χ1) is 5.56. The molecule has 12 heavy (non-hydrogen) atoms. The zero-order valence-corrected chi connectivity index (χ0v) is 8.31. The van der Waals surface area contributed by atoms with Crippen LogP contribution in [0.25, 0.3) is 0 Å². The van der Waals surface area contributed by atoms with Crippen molar-refractivity contribution in [1.82, 2.24) is 5.32 Å². The van der Waals surface area contributed by atoms with Gasteiger partial charge in [-0.3, -0.25) is 4.79 Å². The molecule has 1 N–H and O–H groups in total. The zero-order valence-electron chi connectivity index (χ0n) is 8.31. The van der Waals surface area contributed by atoms with Crippen LogP contribution in [-0.4, -0.2) is 18.4 Å². The molecule has 1 rings (SSSR count). The molecule has 0 unspecified atom stereocenters. The second-order valence-corrected chi connectivity index (χ2v) is 4.28. The van der Waals surface area contributed by atoms with Gasteiger partial charge in [-0.05, 0) is 33.2 Å². The van der Waals surface area contributed by atoms with Gasteiger partial charge >= 0.3 is 0 Å². The van der Waals surface area contributed by atoms with Crippen molar-refractivity contribution in [2.24, 2.45) is 5.92 Å². The molecule has 1 aliphatic rings. The van der Waals surface area contributed by atoms with Gasteiger partial charge in [0, 0.05) is 6.42 Å². The van der Waals surface area contributed by atoms with Crippen molar-refractivity contribution in [3.8, 4) is 0 Å². The molecule has 70 valence electrons. The third-order valence-corrected chi connectivity index (χ3v) is 2.80. The average Bonchev–Trinajstić information content (AvgIpc) is 2.83. The maximum atomic E-state index is 11.6. The fourth-order valence-electron chi connectivity index (χ4n) is 1.19. The lowest BCUT2D eigenvalue weighted by molar-refractivity contribution is -0.124. The maximum Gasteiger partial charge on any atom is 0.152 e. The summed E-state index contributed by atoms with van der Waals surface area (Å²) < 4.78 is 0. The summed E-state index contributed by atoms with van der Waals surface area (Å²) in [6.45, 7) is 3.89. The van der Waals surface area contributed by atoms with Crippen molar-refractivity contribution in [3.63, 3.8) is 0 Å². The monoisotopic (exact) mass is 169 g/mol. The van der Waals surface area contributed by atoms with Crippen molar-refractivity contribution in [2.75, 3.05) is 7.05 Å². The van der Waals surface area contributed by atoms with E-state index in [0.29, 0.717) is 5.78 Å². The predicted octanol–water partition coefficient (Wildman–Crippen LogP) is 1.74. The highest BCUT2D eigenvalue weighted by Crippen LogP contribution is 2.33. The molecule has 0 aromatic rings. The molecule has 0 heterocycles. The van der Waals surface area contributed by atoms with Crippen molar-refractivity contribution in [1.29, 1.82) is 0 Å². The van der Waals surface area contributed by atoms with E-state index in [-0.39, 0.29) is 5.54 Å². The fourth-order valence-corrected chi connectivity index (χ4v) is 1.19. The Hall–Kier alpha value is -0.370. The Morgan fingerprint density at radius 2 is 2.08 bits per heavy atom. The zero-order chi connectivity index (χ0) is 9.19. The van der Waals surface area contributed by atoms with E-state index in [1.165, 1.54) is 12.8 Å². The van der Waals surface area contributed by atoms with Crippen LogP contribution < -0.4 is 5.32 Å². The summed E-state index contributed by atoms with van der Waals surface area (Å²) >= 11 is 0. The first-order valence-corrected chi connectivity index (χ1v) is 4.78. The van der Waals surface area contributed by atoms with Gasteiger partial charge in [-0.1, -0.05) is 12.8 Å². The van der Waals surface area contributed by atoms with E-state index in [0.717, 1.165) is 18.8 Å². The molecular weight excluding hydrogens is 150 g/mol. The first kappa shape index (κ1) is 9.72. The molecule has 1 saturated carbocycles. The van der Waals surface area contributed by atoms with Gasteiger partial charge in [-0.15, -0.1) is 0 Å². The van der Waals surface area contributed by atoms with Crippen LogP contribution in [0.3, 0.4) is 0 Å². The molecule has 1 aliphatic carbocycles. The molecule has 0 aliphatic heterocycles. The number of carbonyl (C=O) groups is 1. The molecule has 0 spiro atoms. The van der Waals surface area contributed by atoms with Crippen LogP contribution in [0.15, 0.2) is 0 Å². The van der Waals surface area contributed by atoms with Gasteiger partial charge in [0.2, 0.25) is 0 Å². The summed E-state index contributed by atoms with van der Waals surface area (Å²) in [4.78, 5) is 11.6. The Morgan fingerprint density at radius 3 is 2.50 bits per heavy atom. The molecular formula is C10H19NO. The predicted molar refractivity (Wildman–Crippen MR) is 50.1 cm³/mol. The van der Waals surface area contributed by atoms with Crippen molar-refractivity contribution >= 4 is 5.78 Å². The highest BCUT2D eigenvalue weighted by atomic mass is 16.1. The Bertz CT molecular complexity index is 171. The Labute approximate surface area is 74.7 Å². The number of ketones is 1. The van der Waals surface area contributed by atoms with Crippen LogP contribution in [0.2, 0.25) is 0 Å². The molecule has 0 bridgehead atoms. The van der Waals surface area contributed by atoms with E-state index < -0.39 is 0 Å². The molecule has 1 fully saturated rings. The normalized spacial score (nSPS) is 17.9. The van der Waals surface area contributed by atoms with Gasteiger partial charge in [0.05, 0.1) is 5.54 Å². The molecule has 0 radical (unpaired) electrons. The van der Waals surface area contributed by atoms with Gasteiger partial charge < -0.3 is 5.32 Å². The van der Waals surface area contributed by atoms with E-state index in [9.17, 15) is 4.79 Å². The summed E-state index contributed by atoms with van der Waals surface area (Å²) in [7, 11) is 1.84. The largest absolute Gasteiger partial charge is 0.308 e. The van der Waals surface area contributed by atoms with E-state index in [1.807, 2.05) is 20.9 Å². The number of rotatable bonds is 5. The third-order valence-electron chi connectivity index (χ3n) is 2.80. The smallest absolute Gasteiger partial charge is 0.152 e. The molecule has 0 amide bonds.